The molecule has 1 saturated heterocycles. The predicted molar refractivity (Wildman–Crippen MR) is 78.2 cm³/mol. The molecule has 1 aromatic rings. The lowest BCUT2D eigenvalue weighted by atomic mass is 10.1. The number of morpholine rings is 1. The molecule has 0 saturated carbocycles. The number of rotatable bonds is 2. The van der Waals surface area contributed by atoms with Crippen molar-refractivity contribution in [1.82, 2.24) is 4.90 Å². The highest BCUT2D eigenvalue weighted by Gasteiger charge is 2.28. The molecule has 1 aromatic carbocycles. The van der Waals surface area contributed by atoms with Crippen LogP contribution in [0.1, 0.15) is 10.4 Å². The highest BCUT2D eigenvalue weighted by Crippen LogP contribution is 2.27. The number of hydrogen-bond donors (Lipinski definition) is 2. The summed E-state index contributed by atoms with van der Waals surface area (Å²) in [7, 11) is 0. The highest BCUT2D eigenvalue weighted by molar-refractivity contribution is 9.10. The van der Waals surface area contributed by atoms with Crippen LogP contribution < -0.4 is 5.73 Å². The second-order valence-corrected chi connectivity index (χ2v) is 5.47. The van der Waals surface area contributed by atoms with Gasteiger partial charge in [0.15, 0.2) is 5.84 Å². The van der Waals surface area contributed by atoms with Gasteiger partial charge in [0.1, 0.15) is 6.10 Å². The number of carbonyl (C=O) groups excluding carboxylic acids is 1. The minimum atomic E-state index is -0.608. The van der Waals surface area contributed by atoms with Crippen LogP contribution in [0.5, 0.6) is 0 Å². The van der Waals surface area contributed by atoms with Gasteiger partial charge in [0.25, 0.3) is 5.91 Å². The molecule has 2 rings (SSSR count). The average Bonchev–Trinajstić information content (AvgIpc) is 2.48. The van der Waals surface area contributed by atoms with Crippen molar-refractivity contribution in [2.24, 2.45) is 10.9 Å². The van der Waals surface area contributed by atoms with E-state index in [0.29, 0.717) is 28.2 Å². The van der Waals surface area contributed by atoms with E-state index >= 15 is 0 Å². The average molecular weight is 363 g/mol. The van der Waals surface area contributed by atoms with E-state index in [1.807, 2.05) is 0 Å². The second kappa shape index (κ2) is 6.43. The first-order valence-corrected chi connectivity index (χ1v) is 7.04. The maximum atomic E-state index is 12.5. The smallest absolute Gasteiger partial charge is 0.255 e. The fourth-order valence-corrected chi connectivity index (χ4v) is 2.49. The van der Waals surface area contributed by atoms with Crippen LogP contribution in [0.15, 0.2) is 27.8 Å². The Hall–Kier alpha value is -1.31. The van der Waals surface area contributed by atoms with Crippen LogP contribution in [-0.2, 0) is 4.74 Å². The number of halogens is 2. The molecule has 3 N–H and O–H groups in total. The van der Waals surface area contributed by atoms with Gasteiger partial charge in [-0.1, -0.05) is 22.8 Å². The van der Waals surface area contributed by atoms with Crippen LogP contribution in [0, 0.1) is 0 Å². The molecule has 1 aliphatic heterocycles. The van der Waals surface area contributed by atoms with Gasteiger partial charge in [-0.3, -0.25) is 4.79 Å². The third kappa shape index (κ3) is 3.05. The SMILES string of the molecule is N/C(=N/O)C1CN(C(=O)c2cccc(Br)c2Cl)CCO1. The van der Waals surface area contributed by atoms with Crippen LogP contribution in [0.3, 0.4) is 0 Å². The molecule has 0 bridgehead atoms. The van der Waals surface area contributed by atoms with Gasteiger partial charge >= 0.3 is 0 Å². The third-order valence-corrected chi connectivity index (χ3v) is 4.28. The fourth-order valence-electron chi connectivity index (χ4n) is 1.92. The number of amides is 1. The lowest BCUT2D eigenvalue weighted by molar-refractivity contribution is 0.00676. The van der Waals surface area contributed by atoms with Crippen LogP contribution >= 0.6 is 27.5 Å². The molecule has 0 aliphatic carbocycles. The summed E-state index contributed by atoms with van der Waals surface area (Å²) >= 11 is 9.40. The zero-order valence-corrected chi connectivity index (χ0v) is 12.8. The molecular formula is C12H13BrClN3O3. The molecule has 1 heterocycles. The molecule has 1 atom stereocenters. The Morgan fingerprint density at radius 3 is 3.05 bits per heavy atom. The zero-order chi connectivity index (χ0) is 14.7. The second-order valence-electron chi connectivity index (χ2n) is 4.24. The molecule has 108 valence electrons. The van der Waals surface area contributed by atoms with Crippen molar-refractivity contribution in [2.45, 2.75) is 6.10 Å². The van der Waals surface area contributed by atoms with E-state index in [2.05, 4.69) is 21.1 Å². The zero-order valence-electron chi connectivity index (χ0n) is 10.4. The van der Waals surface area contributed by atoms with Crippen LogP contribution in [0.4, 0.5) is 0 Å². The van der Waals surface area contributed by atoms with Gasteiger partial charge in [0.2, 0.25) is 0 Å². The number of ether oxygens (including phenoxy) is 1. The molecule has 20 heavy (non-hydrogen) atoms. The number of amidine groups is 1. The molecular weight excluding hydrogens is 350 g/mol. The summed E-state index contributed by atoms with van der Waals surface area (Å²) in [5.74, 6) is -0.266. The number of benzene rings is 1. The Kier molecular flexibility index (Phi) is 4.85. The van der Waals surface area contributed by atoms with E-state index in [-0.39, 0.29) is 18.3 Å². The summed E-state index contributed by atoms with van der Waals surface area (Å²) in [6, 6.07) is 5.16. The van der Waals surface area contributed by atoms with Crippen molar-refractivity contribution in [1.29, 1.82) is 0 Å². The predicted octanol–water partition coefficient (Wildman–Crippen LogP) is 1.69. The summed E-state index contributed by atoms with van der Waals surface area (Å²) in [5.41, 5.74) is 5.91. The van der Waals surface area contributed by atoms with Crippen LogP contribution in [0.25, 0.3) is 0 Å². The first-order chi connectivity index (χ1) is 9.54. The molecule has 1 unspecified atom stereocenters. The van der Waals surface area contributed by atoms with Gasteiger partial charge in [0.05, 0.1) is 23.7 Å². The van der Waals surface area contributed by atoms with Gasteiger partial charge in [-0.2, -0.15) is 0 Å². The summed E-state index contributed by atoms with van der Waals surface area (Å²) < 4.78 is 6.01. The molecule has 8 heteroatoms. The Morgan fingerprint density at radius 2 is 2.35 bits per heavy atom. The lowest BCUT2D eigenvalue weighted by Gasteiger charge is -2.32. The van der Waals surface area contributed by atoms with Crippen molar-refractivity contribution < 1.29 is 14.7 Å². The number of nitrogens with two attached hydrogens (primary N) is 1. The van der Waals surface area contributed by atoms with Gasteiger partial charge in [-0.25, -0.2) is 0 Å². The van der Waals surface area contributed by atoms with Crippen LogP contribution in [-0.4, -0.2) is 47.7 Å². The van der Waals surface area contributed by atoms with Gasteiger partial charge < -0.3 is 20.6 Å². The molecule has 0 aromatic heterocycles. The Balaban J connectivity index is 2.19. The van der Waals surface area contributed by atoms with E-state index in [1.165, 1.54) is 0 Å². The standard InChI is InChI=1S/C12H13BrClN3O3/c13-8-3-1-2-7(10(8)14)12(18)17-4-5-20-9(6-17)11(15)16-19/h1-3,9,19H,4-6H2,(H2,15,16). The minimum absolute atomic E-state index is 0.0529. The third-order valence-electron chi connectivity index (χ3n) is 2.98. The summed E-state index contributed by atoms with van der Waals surface area (Å²) in [6.07, 6.45) is -0.608. The van der Waals surface area contributed by atoms with Crippen molar-refractivity contribution in [3.05, 3.63) is 33.3 Å². The lowest BCUT2D eigenvalue weighted by Crippen LogP contribution is -2.50. The largest absolute Gasteiger partial charge is 0.409 e. The Labute approximate surface area is 129 Å². The molecule has 6 nitrogen and oxygen atoms in total. The van der Waals surface area contributed by atoms with E-state index in [0.717, 1.165) is 0 Å². The van der Waals surface area contributed by atoms with E-state index < -0.39 is 6.10 Å². The summed E-state index contributed by atoms with van der Waals surface area (Å²) in [4.78, 5) is 14.0. The normalized spacial score (nSPS) is 20.0. The Bertz CT molecular complexity index is 553. The summed E-state index contributed by atoms with van der Waals surface area (Å²) in [5, 5.41) is 11.9. The minimum Gasteiger partial charge on any atom is -0.409 e. The number of carbonyl (C=O) groups is 1. The molecule has 1 aliphatic rings. The topological polar surface area (TPSA) is 88.2 Å². The number of oxime groups is 1. The highest BCUT2D eigenvalue weighted by atomic mass is 79.9. The van der Waals surface area contributed by atoms with Crippen LogP contribution in [0.2, 0.25) is 5.02 Å². The van der Waals surface area contributed by atoms with Gasteiger partial charge in [-0.05, 0) is 28.1 Å². The molecule has 1 amide bonds. The fraction of sp³-hybridized carbons (Fsp3) is 0.333. The van der Waals surface area contributed by atoms with Crippen molar-refractivity contribution in [3.63, 3.8) is 0 Å². The van der Waals surface area contributed by atoms with Crippen molar-refractivity contribution in [3.8, 4) is 0 Å². The molecule has 0 radical (unpaired) electrons. The molecule has 1 fully saturated rings. The summed E-state index contributed by atoms with van der Waals surface area (Å²) in [6.45, 7) is 0.965. The maximum absolute atomic E-state index is 12.5. The van der Waals surface area contributed by atoms with E-state index in [9.17, 15) is 4.79 Å². The number of hydrogen-bond acceptors (Lipinski definition) is 4. The first kappa shape index (κ1) is 15.1. The van der Waals surface area contributed by atoms with Crippen molar-refractivity contribution >= 4 is 39.3 Å². The monoisotopic (exact) mass is 361 g/mol. The van der Waals surface area contributed by atoms with E-state index in [1.54, 1.807) is 23.1 Å². The Morgan fingerprint density at radius 1 is 1.60 bits per heavy atom. The molecule has 0 spiro atoms. The maximum Gasteiger partial charge on any atom is 0.255 e. The van der Waals surface area contributed by atoms with Crippen molar-refractivity contribution in [2.75, 3.05) is 19.7 Å². The first-order valence-electron chi connectivity index (χ1n) is 5.87. The number of nitrogens with zero attached hydrogens (tertiary/aromatic N) is 2. The quantitative estimate of drug-likeness (QED) is 0.363. The van der Waals surface area contributed by atoms with E-state index in [4.69, 9.17) is 27.3 Å². The van der Waals surface area contributed by atoms with Gasteiger partial charge in [0, 0.05) is 11.0 Å². The van der Waals surface area contributed by atoms with Gasteiger partial charge in [-0.15, -0.1) is 0 Å².